The molecule has 0 aromatic rings. The first-order valence-corrected chi connectivity index (χ1v) is 9.02. The number of ketones is 1. The first-order valence-electron chi connectivity index (χ1n) is 9.02. The minimum Gasteiger partial charge on any atom is -0.396 e. The zero-order valence-corrected chi connectivity index (χ0v) is 14.1. The summed E-state index contributed by atoms with van der Waals surface area (Å²) in [5.74, 6) is 0.329. The molecule has 2 heteroatoms. The molecule has 124 valence electrons. The predicted molar refractivity (Wildman–Crippen MR) is 91.5 cm³/mol. The molecular weight excluding hydrogens is 260 g/mol. The Hall–Kier alpha value is -0.630. The SMILES string of the molecule is CC(=O)CCCCCCCCC/C=C/CCCCCCO. The highest BCUT2D eigenvalue weighted by Crippen LogP contribution is 2.10. The normalized spacial score (nSPS) is 11.3. The number of Topliss-reactive ketones (excluding diaryl/α,β-unsaturated/α-hetero) is 1. The lowest BCUT2D eigenvalue weighted by Crippen LogP contribution is -1.89. The number of hydrogen-bond acceptors (Lipinski definition) is 2. The summed E-state index contributed by atoms with van der Waals surface area (Å²) >= 11 is 0. The van der Waals surface area contributed by atoms with Crippen molar-refractivity contribution in [3.63, 3.8) is 0 Å². The highest BCUT2D eigenvalue weighted by Gasteiger charge is 1.94. The summed E-state index contributed by atoms with van der Waals surface area (Å²) in [6.07, 6.45) is 21.4. The summed E-state index contributed by atoms with van der Waals surface area (Å²) in [4.78, 5) is 10.8. The minimum atomic E-state index is 0.329. The topological polar surface area (TPSA) is 37.3 Å². The van der Waals surface area contributed by atoms with E-state index in [1.165, 1.54) is 64.2 Å². The van der Waals surface area contributed by atoms with Crippen LogP contribution in [0.2, 0.25) is 0 Å². The van der Waals surface area contributed by atoms with Crippen molar-refractivity contribution in [2.45, 2.75) is 96.8 Å². The fourth-order valence-electron chi connectivity index (χ4n) is 2.48. The second-order valence-corrected chi connectivity index (χ2v) is 6.11. The fraction of sp³-hybridized carbons (Fsp3) is 0.842. The molecule has 0 unspecified atom stereocenters. The lowest BCUT2D eigenvalue weighted by atomic mass is 10.1. The summed E-state index contributed by atoms with van der Waals surface area (Å²) in [6, 6.07) is 0. The van der Waals surface area contributed by atoms with Gasteiger partial charge in [0.15, 0.2) is 0 Å². The van der Waals surface area contributed by atoms with E-state index in [2.05, 4.69) is 12.2 Å². The van der Waals surface area contributed by atoms with Crippen LogP contribution in [-0.4, -0.2) is 17.5 Å². The molecule has 0 aliphatic heterocycles. The molecule has 0 amide bonds. The molecule has 0 aromatic heterocycles. The Kier molecular flexibility index (Phi) is 16.9. The molecule has 0 aromatic carbocycles. The van der Waals surface area contributed by atoms with Crippen molar-refractivity contribution in [2.75, 3.05) is 6.61 Å². The van der Waals surface area contributed by atoms with E-state index < -0.39 is 0 Å². The largest absolute Gasteiger partial charge is 0.396 e. The smallest absolute Gasteiger partial charge is 0.129 e. The van der Waals surface area contributed by atoms with E-state index in [4.69, 9.17) is 5.11 Å². The van der Waals surface area contributed by atoms with Crippen LogP contribution >= 0.6 is 0 Å². The van der Waals surface area contributed by atoms with Gasteiger partial charge in [0.05, 0.1) is 0 Å². The molecule has 0 aliphatic carbocycles. The van der Waals surface area contributed by atoms with Gasteiger partial charge in [-0.25, -0.2) is 0 Å². The van der Waals surface area contributed by atoms with Gasteiger partial charge in [-0.1, -0.05) is 57.1 Å². The van der Waals surface area contributed by atoms with Crippen LogP contribution in [0.5, 0.6) is 0 Å². The van der Waals surface area contributed by atoms with Gasteiger partial charge in [-0.3, -0.25) is 0 Å². The van der Waals surface area contributed by atoms with Crippen LogP contribution in [0.1, 0.15) is 96.8 Å². The van der Waals surface area contributed by atoms with Crippen molar-refractivity contribution in [3.05, 3.63) is 12.2 Å². The first-order chi connectivity index (χ1) is 10.3. The second-order valence-electron chi connectivity index (χ2n) is 6.11. The monoisotopic (exact) mass is 296 g/mol. The highest BCUT2D eigenvalue weighted by atomic mass is 16.2. The number of aliphatic hydroxyl groups is 1. The van der Waals surface area contributed by atoms with E-state index in [0.29, 0.717) is 12.4 Å². The predicted octanol–water partition coefficient (Wildman–Crippen LogP) is 5.59. The van der Waals surface area contributed by atoms with Crippen LogP contribution in [0.4, 0.5) is 0 Å². The van der Waals surface area contributed by atoms with E-state index >= 15 is 0 Å². The molecule has 0 fully saturated rings. The maximum atomic E-state index is 10.8. The molecule has 2 nitrogen and oxygen atoms in total. The maximum absolute atomic E-state index is 10.8. The van der Waals surface area contributed by atoms with Crippen molar-refractivity contribution >= 4 is 5.78 Å². The van der Waals surface area contributed by atoms with Crippen molar-refractivity contribution < 1.29 is 9.90 Å². The van der Waals surface area contributed by atoms with Crippen molar-refractivity contribution in [3.8, 4) is 0 Å². The van der Waals surface area contributed by atoms with E-state index in [1.54, 1.807) is 6.92 Å². The quantitative estimate of drug-likeness (QED) is 0.298. The Balaban J connectivity index is 3.06. The maximum Gasteiger partial charge on any atom is 0.129 e. The van der Waals surface area contributed by atoms with E-state index in [0.717, 1.165) is 25.7 Å². The van der Waals surface area contributed by atoms with Crippen LogP contribution in [0.3, 0.4) is 0 Å². The van der Waals surface area contributed by atoms with Crippen LogP contribution < -0.4 is 0 Å². The number of hydrogen-bond donors (Lipinski definition) is 1. The Labute approximate surface area is 132 Å². The number of rotatable bonds is 16. The Morgan fingerprint density at radius 3 is 1.62 bits per heavy atom. The third kappa shape index (κ3) is 19.4. The average molecular weight is 296 g/mol. The van der Waals surface area contributed by atoms with Crippen LogP contribution in [0, 0.1) is 0 Å². The standard InChI is InChI=1S/C19H36O2/c1-19(21)17-15-13-11-9-7-5-3-2-4-6-8-10-12-14-16-18-20/h4,6,20H,2-3,5,7-18H2,1H3/b6-4+. The molecule has 0 rings (SSSR count). The molecule has 0 saturated carbocycles. The van der Waals surface area contributed by atoms with Gasteiger partial charge in [0.25, 0.3) is 0 Å². The number of allylic oxidation sites excluding steroid dienone is 2. The van der Waals surface area contributed by atoms with Gasteiger partial charge in [-0.2, -0.15) is 0 Å². The van der Waals surface area contributed by atoms with E-state index in [-0.39, 0.29) is 0 Å². The second kappa shape index (κ2) is 17.4. The van der Waals surface area contributed by atoms with Crippen molar-refractivity contribution in [2.24, 2.45) is 0 Å². The Morgan fingerprint density at radius 2 is 1.14 bits per heavy atom. The van der Waals surface area contributed by atoms with Gasteiger partial charge >= 0.3 is 0 Å². The third-order valence-electron chi connectivity index (χ3n) is 3.85. The average Bonchev–Trinajstić information content (AvgIpc) is 2.46. The Bertz CT molecular complexity index is 246. The molecule has 0 heterocycles. The summed E-state index contributed by atoms with van der Waals surface area (Å²) in [5, 5.41) is 8.66. The minimum absolute atomic E-state index is 0.329. The molecule has 0 bridgehead atoms. The van der Waals surface area contributed by atoms with Gasteiger partial charge in [0, 0.05) is 13.0 Å². The summed E-state index contributed by atoms with van der Waals surface area (Å²) in [7, 11) is 0. The van der Waals surface area contributed by atoms with Gasteiger partial charge < -0.3 is 9.90 Å². The molecule has 1 N–H and O–H groups in total. The molecule has 0 aliphatic rings. The van der Waals surface area contributed by atoms with E-state index in [9.17, 15) is 4.79 Å². The molecular formula is C19H36O2. The highest BCUT2D eigenvalue weighted by molar-refractivity contribution is 5.75. The fourth-order valence-corrected chi connectivity index (χ4v) is 2.48. The third-order valence-corrected chi connectivity index (χ3v) is 3.85. The summed E-state index contributed by atoms with van der Waals surface area (Å²) in [6.45, 7) is 2.02. The van der Waals surface area contributed by atoms with Crippen LogP contribution in [0.25, 0.3) is 0 Å². The van der Waals surface area contributed by atoms with Crippen molar-refractivity contribution in [1.82, 2.24) is 0 Å². The molecule has 0 radical (unpaired) electrons. The van der Waals surface area contributed by atoms with Gasteiger partial charge in [-0.05, 0) is 45.4 Å². The first kappa shape index (κ1) is 20.4. The Morgan fingerprint density at radius 1 is 0.714 bits per heavy atom. The van der Waals surface area contributed by atoms with E-state index in [1.807, 2.05) is 0 Å². The zero-order valence-electron chi connectivity index (χ0n) is 14.1. The number of carbonyl (C=O) groups is 1. The van der Waals surface area contributed by atoms with Crippen LogP contribution in [-0.2, 0) is 4.79 Å². The zero-order chi connectivity index (χ0) is 15.6. The summed E-state index contributed by atoms with van der Waals surface area (Å²) < 4.78 is 0. The lowest BCUT2D eigenvalue weighted by molar-refractivity contribution is -0.117. The van der Waals surface area contributed by atoms with Gasteiger partial charge in [-0.15, -0.1) is 0 Å². The number of carbonyl (C=O) groups excluding carboxylic acids is 1. The van der Waals surface area contributed by atoms with Gasteiger partial charge in [0.2, 0.25) is 0 Å². The number of aliphatic hydroxyl groups excluding tert-OH is 1. The molecule has 21 heavy (non-hydrogen) atoms. The van der Waals surface area contributed by atoms with Gasteiger partial charge in [0.1, 0.15) is 5.78 Å². The van der Waals surface area contributed by atoms with Crippen LogP contribution in [0.15, 0.2) is 12.2 Å². The molecule has 0 saturated heterocycles. The van der Waals surface area contributed by atoms with Crippen molar-refractivity contribution in [1.29, 1.82) is 0 Å². The number of unbranched alkanes of at least 4 members (excludes halogenated alkanes) is 11. The molecule has 0 atom stereocenters. The lowest BCUT2D eigenvalue weighted by Gasteiger charge is -2.00. The summed E-state index contributed by atoms with van der Waals surface area (Å²) in [5.41, 5.74) is 0. The molecule has 0 spiro atoms.